The zero-order valence-electron chi connectivity index (χ0n) is 12.7. The van der Waals surface area contributed by atoms with E-state index in [-0.39, 0.29) is 22.8 Å². The summed E-state index contributed by atoms with van der Waals surface area (Å²) in [6, 6.07) is 11.2. The topological polar surface area (TPSA) is 101 Å². The van der Waals surface area contributed by atoms with E-state index < -0.39 is 26.0 Å². The van der Waals surface area contributed by atoms with Crippen molar-refractivity contribution in [3.05, 3.63) is 53.6 Å². The van der Waals surface area contributed by atoms with E-state index in [2.05, 4.69) is 4.72 Å². The third-order valence-electron chi connectivity index (χ3n) is 3.56. The zero-order chi connectivity index (χ0) is 18.2. The van der Waals surface area contributed by atoms with Crippen LogP contribution in [0.15, 0.2) is 53.4 Å². The number of anilines is 2. The minimum absolute atomic E-state index is 0.0600. The first-order chi connectivity index (χ1) is 11.7. The molecule has 1 heterocycles. The first-order valence-electron chi connectivity index (χ1n) is 7.13. The van der Waals surface area contributed by atoms with E-state index in [9.17, 15) is 21.6 Å². The molecule has 0 radical (unpaired) electrons. The Morgan fingerprint density at radius 1 is 1.00 bits per heavy atom. The Bertz CT molecular complexity index is 1020. The molecule has 3 rings (SSSR count). The van der Waals surface area contributed by atoms with Gasteiger partial charge in [-0.3, -0.25) is 9.52 Å². The SMILES string of the molecule is O=C1CCS(=O)(=O)N1c1ccc(S(=O)(=O)Nc2ccc(Cl)cc2)cc1. The van der Waals surface area contributed by atoms with Gasteiger partial charge in [0.15, 0.2) is 0 Å². The smallest absolute Gasteiger partial charge is 0.261 e. The molecule has 1 amide bonds. The monoisotopic (exact) mass is 400 g/mol. The third kappa shape index (κ3) is 3.63. The van der Waals surface area contributed by atoms with Gasteiger partial charge in [-0.1, -0.05) is 11.6 Å². The van der Waals surface area contributed by atoms with E-state index >= 15 is 0 Å². The first-order valence-corrected chi connectivity index (χ1v) is 10.6. The van der Waals surface area contributed by atoms with Crippen molar-refractivity contribution in [1.29, 1.82) is 0 Å². The van der Waals surface area contributed by atoms with Gasteiger partial charge < -0.3 is 0 Å². The molecule has 1 aliphatic rings. The average Bonchev–Trinajstić information content (AvgIpc) is 2.83. The van der Waals surface area contributed by atoms with E-state index in [1.165, 1.54) is 36.4 Å². The molecule has 2 aromatic carbocycles. The standard InChI is InChI=1S/C15H13ClN2O5S2/c16-11-1-3-12(4-2-11)17-25(22,23)14-7-5-13(6-8-14)18-15(19)9-10-24(18,20)21/h1-8,17H,9-10H2. The molecular formula is C15H13ClN2O5S2. The molecule has 0 saturated carbocycles. The van der Waals surface area contributed by atoms with E-state index in [0.29, 0.717) is 15.0 Å². The maximum Gasteiger partial charge on any atom is 0.261 e. The molecular weight excluding hydrogens is 388 g/mol. The number of carbonyl (C=O) groups is 1. The van der Waals surface area contributed by atoms with Gasteiger partial charge >= 0.3 is 0 Å². The van der Waals surface area contributed by atoms with Crippen LogP contribution in [0.25, 0.3) is 0 Å². The summed E-state index contributed by atoms with van der Waals surface area (Å²) in [5.74, 6) is -0.779. The predicted molar refractivity (Wildman–Crippen MR) is 94.6 cm³/mol. The number of nitrogens with zero attached hydrogens (tertiary/aromatic N) is 1. The van der Waals surface area contributed by atoms with Crippen molar-refractivity contribution >= 4 is 48.9 Å². The Morgan fingerprint density at radius 2 is 1.60 bits per heavy atom. The van der Waals surface area contributed by atoms with Gasteiger partial charge in [0, 0.05) is 17.1 Å². The van der Waals surface area contributed by atoms with Crippen LogP contribution in [-0.2, 0) is 24.8 Å². The molecule has 1 saturated heterocycles. The summed E-state index contributed by atoms with van der Waals surface area (Å²) in [5, 5.41) is 0.476. The summed E-state index contributed by atoms with van der Waals surface area (Å²) >= 11 is 5.76. The van der Waals surface area contributed by atoms with Crippen LogP contribution in [0.3, 0.4) is 0 Å². The Labute approximate surface area is 150 Å². The van der Waals surface area contributed by atoms with Crippen molar-refractivity contribution in [3.8, 4) is 0 Å². The molecule has 2 aromatic rings. The summed E-state index contributed by atoms with van der Waals surface area (Å²) in [5.41, 5.74) is 0.457. The maximum absolute atomic E-state index is 12.4. The average molecular weight is 401 g/mol. The van der Waals surface area contributed by atoms with Crippen molar-refractivity contribution in [1.82, 2.24) is 0 Å². The van der Waals surface area contributed by atoms with Gasteiger partial charge in [0.25, 0.3) is 10.0 Å². The zero-order valence-corrected chi connectivity index (χ0v) is 15.1. The molecule has 1 fully saturated rings. The highest BCUT2D eigenvalue weighted by Gasteiger charge is 2.36. The van der Waals surface area contributed by atoms with E-state index in [1.807, 2.05) is 0 Å². The van der Waals surface area contributed by atoms with E-state index in [0.717, 1.165) is 0 Å². The van der Waals surface area contributed by atoms with Crippen molar-refractivity contribution in [2.24, 2.45) is 0 Å². The van der Waals surface area contributed by atoms with Gasteiger partial charge in [0.2, 0.25) is 15.9 Å². The van der Waals surface area contributed by atoms with Gasteiger partial charge in [0.05, 0.1) is 16.3 Å². The molecule has 1 N–H and O–H groups in total. The fraction of sp³-hybridized carbons (Fsp3) is 0.133. The lowest BCUT2D eigenvalue weighted by atomic mass is 10.3. The molecule has 0 atom stereocenters. The number of sulfonamides is 2. The minimum atomic E-state index is -3.85. The number of hydrogen-bond donors (Lipinski definition) is 1. The fourth-order valence-corrected chi connectivity index (χ4v) is 5.01. The first kappa shape index (κ1) is 17.7. The molecule has 0 aromatic heterocycles. The number of halogens is 1. The van der Waals surface area contributed by atoms with Gasteiger partial charge in [-0.25, -0.2) is 21.1 Å². The third-order valence-corrected chi connectivity index (χ3v) is 6.90. The number of benzene rings is 2. The normalized spacial score (nSPS) is 16.8. The Morgan fingerprint density at radius 3 is 2.12 bits per heavy atom. The summed E-state index contributed by atoms with van der Waals surface area (Å²) in [4.78, 5) is 11.7. The molecule has 0 aliphatic carbocycles. The van der Waals surface area contributed by atoms with Gasteiger partial charge in [-0.05, 0) is 48.5 Å². The molecule has 1 aliphatic heterocycles. The second kappa shape index (κ2) is 6.32. The summed E-state index contributed by atoms with van der Waals surface area (Å²) in [6.07, 6.45) is -0.0828. The molecule has 10 heteroatoms. The summed E-state index contributed by atoms with van der Waals surface area (Å²) in [7, 11) is -7.54. The molecule has 0 spiro atoms. The van der Waals surface area contributed by atoms with Crippen LogP contribution in [-0.4, -0.2) is 28.5 Å². The van der Waals surface area contributed by atoms with Gasteiger partial charge in [-0.15, -0.1) is 0 Å². The van der Waals surface area contributed by atoms with Crippen LogP contribution in [0.4, 0.5) is 11.4 Å². The van der Waals surface area contributed by atoms with Crippen LogP contribution >= 0.6 is 11.6 Å². The molecule has 0 bridgehead atoms. The van der Waals surface area contributed by atoms with Crippen LogP contribution in [0.2, 0.25) is 5.02 Å². The predicted octanol–water partition coefficient (Wildman–Crippen LogP) is 2.21. The number of carbonyl (C=O) groups excluding carboxylic acids is 1. The van der Waals surface area contributed by atoms with Gasteiger partial charge in [-0.2, -0.15) is 0 Å². The van der Waals surface area contributed by atoms with E-state index in [4.69, 9.17) is 11.6 Å². The van der Waals surface area contributed by atoms with Crippen LogP contribution in [0.5, 0.6) is 0 Å². The summed E-state index contributed by atoms with van der Waals surface area (Å²) < 4.78 is 51.6. The molecule has 0 unspecified atom stereocenters. The quantitative estimate of drug-likeness (QED) is 0.847. The molecule has 132 valence electrons. The number of amides is 1. The highest BCUT2D eigenvalue weighted by Crippen LogP contribution is 2.27. The van der Waals surface area contributed by atoms with Gasteiger partial charge in [0.1, 0.15) is 0 Å². The highest BCUT2D eigenvalue weighted by atomic mass is 35.5. The summed E-state index contributed by atoms with van der Waals surface area (Å²) in [6.45, 7) is 0. The maximum atomic E-state index is 12.4. The number of hydrogen-bond acceptors (Lipinski definition) is 5. The van der Waals surface area contributed by atoms with Crippen LogP contribution in [0, 0.1) is 0 Å². The van der Waals surface area contributed by atoms with Crippen molar-refractivity contribution in [2.45, 2.75) is 11.3 Å². The number of rotatable bonds is 4. The molecule has 7 nitrogen and oxygen atoms in total. The second-order valence-corrected chi connectivity index (χ2v) is 9.39. The van der Waals surface area contributed by atoms with Crippen LogP contribution < -0.4 is 9.03 Å². The molecule has 25 heavy (non-hydrogen) atoms. The highest BCUT2D eigenvalue weighted by molar-refractivity contribution is 7.94. The minimum Gasteiger partial charge on any atom is -0.280 e. The Kier molecular flexibility index (Phi) is 4.48. The van der Waals surface area contributed by atoms with Crippen molar-refractivity contribution in [2.75, 3.05) is 14.8 Å². The lowest BCUT2D eigenvalue weighted by Gasteiger charge is -2.15. The van der Waals surface area contributed by atoms with Crippen molar-refractivity contribution in [3.63, 3.8) is 0 Å². The lowest BCUT2D eigenvalue weighted by molar-refractivity contribution is -0.116. The largest absolute Gasteiger partial charge is 0.280 e. The Hall–Kier alpha value is -2.10. The number of nitrogens with one attached hydrogen (secondary N) is 1. The lowest BCUT2D eigenvalue weighted by Crippen LogP contribution is -2.29. The fourth-order valence-electron chi connectivity index (χ4n) is 2.36. The Balaban J connectivity index is 1.86. The second-order valence-electron chi connectivity index (χ2n) is 5.33. The van der Waals surface area contributed by atoms with Crippen LogP contribution in [0.1, 0.15) is 6.42 Å². The van der Waals surface area contributed by atoms with Crippen molar-refractivity contribution < 1.29 is 21.6 Å². The van der Waals surface area contributed by atoms with E-state index in [1.54, 1.807) is 12.1 Å².